The summed E-state index contributed by atoms with van der Waals surface area (Å²) < 4.78 is 4.98. The van der Waals surface area contributed by atoms with Crippen LogP contribution in [0.1, 0.15) is 327 Å². The minimum atomic E-state index is -0.248. The van der Waals surface area contributed by atoms with Crippen LogP contribution >= 0.6 is 0 Å². The van der Waals surface area contributed by atoms with Crippen molar-refractivity contribution in [2.45, 2.75) is 338 Å². The SMILES string of the molecule is CC1(C)CNCc2cc(C(C)(C)C)cc(c2O)CNCCNCc2cc(C(C)(C)C)cc(c2O)CNC1.CCCN1Cc2cc(C(C)(C)C)cc(c2O)CNCC(C)(C)CN(CCC)Cc2cc(C(C)(C)C)cc(c2O)CNCC(C)(C)C1.COC(=O)CCN1Cc2cc(C(C)(C)C)cc(c2O)CNCC(C)(C)CNCc2cc(C(C)(C)C)cc(c2O)CNCC(C)(C)C1.O=C=O.[CH3-].[CH3-].[CH3-].[CH3-].[CH3-].[CH3-].[Ni+3].[Ni+3].[Ni+3].[Ni+3].[Ni+3].[Ni+3]. The molecular formula is C116H198N12Ni6O10+12. The van der Waals surface area contributed by atoms with E-state index in [1.807, 2.05) is 0 Å². The van der Waals surface area contributed by atoms with Gasteiger partial charge in [-0.05, 0) is 119 Å². The molecule has 0 saturated carbocycles. The van der Waals surface area contributed by atoms with Crippen LogP contribution in [0.3, 0.4) is 0 Å². The number of fused-ring (bicyclic) bond motifs is 12. The van der Waals surface area contributed by atoms with Crippen LogP contribution < -0.4 is 47.9 Å². The molecule has 0 aromatic heterocycles. The molecule has 0 amide bonds. The van der Waals surface area contributed by atoms with Crippen molar-refractivity contribution >= 4 is 12.1 Å². The maximum absolute atomic E-state index is 12.2. The number of carbonyl (C=O) groups excluding carboxylic acids is 3. The van der Waals surface area contributed by atoms with Crippen LogP contribution in [-0.4, -0.2) is 163 Å². The Bertz CT molecular complexity index is 4570. The van der Waals surface area contributed by atoms with E-state index in [2.05, 4.69) is 343 Å². The summed E-state index contributed by atoms with van der Waals surface area (Å²) in [5, 5.41) is 101. The van der Waals surface area contributed by atoms with Crippen LogP contribution in [0.5, 0.6) is 34.5 Å². The number of carbonyl (C=O) groups is 1. The van der Waals surface area contributed by atoms with E-state index in [-0.39, 0.29) is 222 Å². The van der Waals surface area contributed by atoms with E-state index in [9.17, 15) is 35.4 Å². The summed E-state index contributed by atoms with van der Waals surface area (Å²) >= 11 is 0. The van der Waals surface area contributed by atoms with Crippen LogP contribution in [0.25, 0.3) is 0 Å². The van der Waals surface area contributed by atoms with Gasteiger partial charge in [0.1, 0.15) is 34.5 Å². The van der Waals surface area contributed by atoms with Gasteiger partial charge in [-0.25, -0.2) is 0 Å². The van der Waals surface area contributed by atoms with Gasteiger partial charge in [0, 0.05) is 230 Å². The van der Waals surface area contributed by atoms with Gasteiger partial charge >= 0.3 is 111 Å². The Balaban J connectivity index is -0.000000372. The van der Waals surface area contributed by atoms with Crippen molar-refractivity contribution < 1.29 is 149 Å². The van der Waals surface area contributed by atoms with Crippen molar-refractivity contribution in [1.29, 1.82) is 0 Å². The molecule has 9 rings (SSSR count). The zero-order valence-electron chi connectivity index (χ0n) is 95.7. The van der Waals surface area contributed by atoms with E-state index in [0.717, 1.165) is 171 Å². The first-order valence-electron chi connectivity index (χ1n) is 48.8. The van der Waals surface area contributed by atoms with Crippen LogP contribution in [-0.2, 0) is 229 Å². The zero-order valence-corrected chi connectivity index (χ0v) is 102. The largest absolute Gasteiger partial charge is 3.00 e. The molecule has 0 fully saturated rings. The third kappa shape index (κ3) is 50.3. The van der Waals surface area contributed by atoms with Gasteiger partial charge in [0.25, 0.3) is 0 Å². The normalized spacial score (nSPS) is 17.1. The summed E-state index contributed by atoms with van der Waals surface area (Å²) in [6.45, 7) is 86.3. The van der Waals surface area contributed by atoms with Gasteiger partial charge in [-0.2, -0.15) is 9.59 Å². The summed E-state index contributed by atoms with van der Waals surface area (Å²) in [5.74, 6) is 2.04. The van der Waals surface area contributed by atoms with E-state index in [1.165, 1.54) is 40.5 Å². The van der Waals surface area contributed by atoms with Crippen LogP contribution in [0.2, 0.25) is 0 Å². The molecule has 6 aromatic rings. The van der Waals surface area contributed by atoms with Gasteiger partial charge in [-0.3, -0.25) is 19.5 Å². The molecule has 144 heavy (non-hydrogen) atoms. The van der Waals surface area contributed by atoms with Gasteiger partial charge < -0.3 is 128 Å². The standard InChI is InChI=1S/C40H68N4O2.C38H62N4O4.C31H50N4O2.CO2.6CH3.6Ni/c1-13-15-43-23-31-19-33(37(3,4)5)17-29(35(31)45)21-42-26-40(11,12)28-44(16-14-2)24-32-20-34(38(6,7)8)18-30(36(32)46)22-41-25-39(9,10)27-43;1-35(2,3)30-14-26-18-39-22-37(7,8)23-40-20-28-16-31(36(4,5)6)17-29(34(28)45)21-42(13-12-32(43)46-11)25-38(9,10)24-41-19-27(15-30)33(26)44;1-29(2,3)25-11-21-15-32-9-10-33-16-22-12-26(30(4,5)6)14-24(28(22)37)18-35-20-31(7,8)19-34-17-23(13-25)27(21)36;2-1-3;;;;;;;;;;;;/h17-20,41-42,45-46H,13-16,21-28H2,1-12H3;14-17,39-41,44-45H,12-13,18-25H2,1-11H3;11-14,32-37H,9-10,15-20H2,1-8H3;;6*1H3;;;;;;/q;;;;6*-1;6*+3. The summed E-state index contributed by atoms with van der Waals surface area (Å²) in [7, 11) is 1.42. The first-order valence-corrected chi connectivity index (χ1v) is 48.8. The number of ether oxygens (including phenoxy) is 1. The Morgan fingerprint density at radius 3 is 0.611 bits per heavy atom. The third-order valence-corrected chi connectivity index (χ3v) is 25.4. The Morgan fingerprint density at radius 2 is 0.444 bits per heavy atom. The predicted octanol–water partition coefficient (Wildman–Crippen LogP) is 21.0. The number of benzene rings is 6. The van der Waals surface area contributed by atoms with Crippen molar-refractivity contribution in [3.63, 3.8) is 0 Å². The summed E-state index contributed by atoms with van der Waals surface area (Å²) in [4.78, 5) is 35.7. The fourth-order valence-electron chi connectivity index (χ4n) is 17.6. The Hall–Kier alpha value is -4.55. The molecule has 0 atom stereocenters. The maximum Gasteiger partial charge on any atom is 3.00 e. The third-order valence-electron chi connectivity index (χ3n) is 25.4. The minimum absolute atomic E-state index is 0. The second kappa shape index (κ2) is 66.4. The summed E-state index contributed by atoms with van der Waals surface area (Å²) in [6.07, 6.45) is 2.63. The van der Waals surface area contributed by atoms with E-state index in [1.54, 1.807) is 0 Å². The van der Waals surface area contributed by atoms with Crippen LogP contribution in [0.15, 0.2) is 72.8 Å². The molecule has 0 spiro atoms. The molecule has 12 bridgehead atoms. The second-order valence-electron chi connectivity index (χ2n) is 48.3. The number of hydrogen-bond donors (Lipinski definition) is 15. The van der Waals surface area contributed by atoms with Gasteiger partial charge in [0.15, 0.2) is 0 Å². The summed E-state index contributed by atoms with van der Waals surface area (Å²) in [6, 6.07) is 25.9. The number of phenols is 6. The number of rotatable bonds is 7. The number of hydrogen-bond acceptors (Lipinski definition) is 22. The molecule has 0 unspecified atom stereocenters. The summed E-state index contributed by atoms with van der Waals surface area (Å²) in [5.41, 5.74) is 18.2. The zero-order chi connectivity index (χ0) is 99.1. The van der Waals surface area contributed by atoms with Gasteiger partial charge in [-0.1, -0.05) is 281 Å². The molecule has 6 radical (unpaired) electrons. The monoisotopic (exact) mass is 2270 g/mol. The molecule has 3 aliphatic heterocycles. The quantitative estimate of drug-likeness (QED) is 0.0401. The number of aromatic hydroxyl groups is 6. The number of nitrogens with zero attached hydrogens (tertiary/aromatic N) is 3. The fourth-order valence-corrected chi connectivity index (χ4v) is 17.6. The van der Waals surface area contributed by atoms with E-state index >= 15 is 0 Å². The molecule has 15 N–H and O–H groups in total. The molecular weight excluding hydrogens is 2070 g/mol. The molecule has 0 aliphatic carbocycles. The minimum Gasteiger partial charge on any atom is -0.507 e. The predicted molar refractivity (Wildman–Crippen MR) is 582 cm³/mol. The molecule has 0 saturated heterocycles. The number of methoxy groups -OCH3 is 1. The van der Waals surface area contributed by atoms with Crippen molar-refractivity contribution in [1.82, 2.24) is 62.6 Å². The molecule has 22 nitrogen and oxygen atoms in total. The van der Waals surface area contributed by atoms with Crippen LogP contribution in [0, 0.1) is 71.6 Å². The van der Waals surface area contributed by atoms with Crippen molar-refractivity contribution in [3.05, 3.63) is 217 Å². The Kier molecular flexibility index (Phi) is 70.3. The Morgan fingerprint density at radius 1 is 0.292 bits per heavy atom. The van der Waals surface area contributed by atoms with E-state index in [0.29, 0.717) is 120 Å². The van der Waals surface area contributed by atoms with Gasteiger partial charge in [0.05, 0.1) is 13.5 Å². The Labute approximate surface area is 938 Å². The second-order valence-corrected chi connectivity index (χ2v) is 48.3. The molecule has 28 heteroatoms. The first-order chi connectivity index (χ1) is 61.0. The molecule has 3 heterocycles. The van der Waals surface area contributed by atoms with Gasteiger partial charge in [0.2, 0.25) is 0 Å². The smallest absolute Gasteiger partial charge is 0.507 e. The molecule has 830 valence electrons. The fraction of sp³-hybridized carbons (Fsp3) is 0.621. The van der Waals surface area contributed by atoms with Crippen molar-refractivity contribution in [2.24, 2.45) is 27.1 Å². The van der Waals surface area contributed by atoms with Gasteiger partial charge in [-0.15, -0.1) is 0 Å². The average Bonchev–Trinajstić information content (AvgIpc) is 0.890. The van der Waals surface area contributed by atoms with E-state index in [4.69, 9.17) is 14.3 Å². The molecule has 6 aromatic carbocycles. The van der Waals surface area contributed by atoms with Crippen LogP contribution in [0.4, 0.5) is 0 Å². The number of phenolic OH excluding ortho intramolecular Hbond substituents is 6. The first kappa shape index (κ1) is 152. The maximum atomic E-state index is 12.2. The number of nitrogens with one attached hydrogen (secondary N) is 9. The average molecular weight is 2270 g/mol. The van der Waals surface area contributed by atoms with Crippen molar-refractivity contribution in [3.8, 4) is 34.5 Å². The number of esters is 1. The molecule has 3 aliphatic rings. The van der Waals surface area contributed by atoms with E-state index < -0.39 is 0 Å². The topological polar surface area (TPSA) is 300 Å². The van der Waals surface area contributed by atoms with Crippen molar-refractivity contribution in [2.75, 3.05) is 105 Å².